The Labute approximate surface area is 157 Å². The molecule has 0 atom stereocenters. The number of benzene rings is 2. The zero-order chi connectivity index (χ0) is 18.7. The Hall–Kier alpha value is -2.25. The van der Waals surface area contributed by atoms with Crippen molar-refractivity contribution in [2.45, 2.75) is 30.7 Å². The number of phenolic OH excluding ortho intramolecular Hbond substituents is 1. The molecule has 1 aliphatic heterocycles. The molecule has 0 unspecified atom stereocenters. The normalized spacial score (nSPS) is 15.1. The molecule has 0 aliphatic carbocycles. The number of anilines is 1. The Bertz CT molecular complexity index is 931. The second kappa shape index (κ2) is 7.55. The van der Waals surface area contributed by atoms with Gasteiger partial charge in [0.25, 0.3) is 10.0 Å². The number of likely N-dealkylation sites (tertiary alicyclic amines) is 1. The SMILES string of the molecule is O=C1CCCCN1Cc1cccc(NS(=O)(=O)c2cccc(Cl)c2O)c1. The Morgan fingerprint density at radius 1 is 1.15 bits per heavy atom. The lowest BCUT2D eigenvalue weighted by molar-refractivity contribution is -0.133. The van der Waals surface area contributed by atoms with E-state index in [4.69, 9.17) is 11.6 Å². The molecule has 8 heteroatoms. The van der Waals surface area contributed by atoms with E-state index in [0.29, 0.717) is 25.2 Å². The minimum Gasteiger partial charge on any atom is -0.505 e. The number of piperidine rings is 1. The smallest absolute Gasteiger partial charge is 0.265 e. The van der Waals surface area contributed by atoms with E-state index in [0.717, 1.165) is 18.4 Å². The number of carbonyl (C=O) groups is 1. The van der Waals surface area contributed by atoms with Crippen LogP contribution in [0.1, 0.15) is 24.8 Å². The molecule has 2 N–H and O–H groups in total. The van der Waals surface area contributed by atoms with Crippen molar-refractivity contribution in [3.63, 3.8) is 0 Å². The summed E-state index contributed by atoms with van der Waals surface area (Å²) in [6.07, 6.45) is 2.45. The summed E-state index contributed by atoms with van der Waals surface area (Å²) in [7, 11) is -3.99. The second-order valence-corrected chi connectivity index (χ2v) is 8.22. The molecule has 3 rings (SSSR count). The molecule has 0 spiro atoms. The first-order chi connectivity index (χ1) is 12.4. The summed E-state index contributed by atoms with van der Waals surface area (Å²) in [5.41, 5.74) is 1.18. The lowest BCUT2D eigenvalue weighted by atomic mass is 10.1. The molecular weight excluding hydrogens is 376 g/mol. The highest BCUT2D eigenvalue weighted by Crippen LogP contribution is 2.31. The molecule has 2 aromatic rings. The van der Waals surface area contributed by atoms with Gasteiger partial charge in [0, 0.05) is 25.2 Å². The molecule has 138 valence electrons. The third-order valence-electron chi connectivity index (χ3n) is 4.21. The van der Waals surface area contributed by atoms with Crippen LogP contribution in [0.5, 0.6) is 5.75 Å². The largest absolute Gasteiger partial charge is 0.505 e. The number of carbonyl (C=O) groups excluding carboxylic acids is 1. The van der Waals surface area contributed by atoms with Crippen LogP contribution in [0.2, 0.25) is 5.02 Å². The Kier molecular flexibility index (Phi) is 5.38. The van der Waals surface area contributed by atoms with Gasteiger partial charge in [0.15, 0.2) is 5.75 Å². The number of hydrogen-bond donors (Lipinski definition) is 2. The molecule has 2 aromatic carbocycles. The number of amides is 1. The number of halogens is 1. The van der Waals surface area contributed by atoms with Crippen LogP contribution in [0.4, 0.5) is 5.69 Å². The number of nitrogens with zero attached hydrogens (tertiary/aromatic N) is 1. The van der Waals surface area contributed by atoms with E-state index in [9.17, 15) is 18.3 Å². The number of hydrogen-bond acceptors (Lipinski definition) is 4. The molecule has 1 amide bonds. The minimum atomic E-state index is -3.99. The van der Waals surface area contributed by atoms with Crippen molar-refractivity contribution in [2.75, 3.05) is 11.3 Å². The van der Waals surface area contributed by atoms with E-state index in [1.54, 1.807) is 23.1 Å². The van der Waals surface area contributed by atoms with Gasteiger partial charge in [0.2, 0.25) is 5.91 Å². The van der Waals surface area contributed by atoms with Crippen LogP contribution in [0.15, 0.2) is 47.4 Å². The fourth-order valence-corrected chi connectivity index (χ4v) is 4.31. The summed E-state index contributed by atoms with van der Waals surface area (Å²) in [4.78, 5) is 13.4. The summed E-state index contributed by atoms with van der Waals surface area (Å²) in [5, 5.41) is 9.88. The molecule has 1 aliphatic rings. The van der Waals surface area contributed by atoms with Crippen molar-refractivity contribution >= 4 is 33.2 Å². The highest BCUT2D eigenvalue weighted by molar-refractivity contribution is 7.92. The van der Waals surface area contributed by atoms with Crippen LogP contribution in [-0.2, 0) is 21.4 Å². The van der Waals surface area contributed by atoms with Gasteiger partial charge < -0.3 is 10.0 Å². The fraction of sp³-hybridized carbons (Fsp3) is 0.278. The van der Waals surface area contributed by atoms with Crippen LogP contribution < -0.4 is 4.72 Å². The standard InChI is InChI=1S/C18H19ClN2O4S/c19-15-7-4-8-16(18(15)23)26(24,25)20-14-6-3-5-13(11-14)12-21-10-2-1-9-17(21)22/h3-8,11,20,23H,1-2,9-10,12H2. The lowest BCUT2D eigenvalue weighted by Crippen LogP contribution is -2.34. The summed E-state index contributed by atoms with van der Waals surface area (Å²) < 4.78 is 27.5. The molecule has 0 bridgehead atoms. The van der Waals surface area contributed by atoms with Gasteiger partial charge in [-0.25, -0.2) is 8.42 Å². The van der Waals surface area contributed by atoms with Crippen molar-refractivity contribution in [1.82, 2.24) is 4.90 Å². The highest BCUT2D eigenvalue weighted by Gasteiger charge is 2.21. The van der Waals surface area contributed by atoms with Crippen molar-refractivity contribution in [2.24, 2.45) is 0 Å². The van der Waals surface area contributed by atoms with Crippen LogP contribution in [0.3, 0.4) is 0 Å². The third-order valence-corrected chi connectivity index (χ3v) is 5.93. The van der Waals surface area contributed by atoms with Crippen molar-refractivity contribution in [3.05, 3.63) is 53.1 Å². The van der Waals surface area contributed by atoms with E-state index >= 15 is 0 Å². The van der Waals surface area contributed by atoms with Gasteiger partial charge in [0.1, 0.15) is 4.90 Å². The van der Waals surface area contributed by atoms with Gasteiger partial charge >= 0.3 is 0 Å². The fourth-order valence-electron chi connectivity index (χ4n) is 2.91. The number of sulfonamides is 1. The minimum absolute atomic E-state index is 0.0368. The van der Waals surface area contributed by atoms with Crippen LogP contribution in [-0.4, -0.2) is 30.9 Å². The van der Waals surface area contributed by atoms with E-state index in [2.05, 4.69) is 4.72 Å². The van der Waals surface area contributed by atoms with E-state index in [1.165, 1.54) is 18.2 Å². The van der Waals surface area contributed by atoms with Gasteiger partial charge in [-0.15, -0.1) is 0 Å². The quantitative estimate of drug-likeness (QED) is 0.814. The number of phenols is 1. The molecule has 26 heavy (non-hydrogen) atoms. The average Bonchev–Trinajstić information content (AvgIpc) is 2.59. The van der Waals surface area contributed by atoms with Crippen LogP contribution in [0.25, 0.3) is 0 Å². The van der Waals surface area contributed by atoms with Crippen LogP contribution in [0, 0.1) is 0 Å². The number of para-hydroxylation sites is 1. The zero-order valence-electron chi connectivity index (χ0n) is 14.0. The van der Waals surface area contributed by atoms with Gasteiger partial charge in [-0.1, -0.05) is 29.8 Å². The first-order valence-corrected chi connectivity index (χ1v) is 10.1. The predicted molar refractivity (Wildman–Crippen MR) is 99.6 cm³/mol. The number of aromatic hydroxyl groups is 1. The zero-order valence-corrected chi connectivity index (χ0v) is 15.6. The van der Waals surface area contributed by atoms with Gasteiger partial charge in [-0.2, -0.15) is 0 Å². The molecule has 1 heterocycles. The second-order valence-electron chi connectivity index (χ2n) is 6.16. The number of nitrogens with one attached hydrogen (secondary N) is 1. The molecule has 1 fully saturated rings. The Balaban J connectivity index is 1.80. The van der Waals surface area contributed by atoms with E-state index in [-0.39, 0.29) is 15.8 Å². The molecule has 0 saturated carbocycles. The first kappa shape index (κ1) is 18.5. The molecule has 0 aromatic heterocycles. The predicted octanol–water partition coefficient (Wildman–Crippen LogP) is 3.36. The summed E-state index contributed by atoms with van der Waals surface area (Å²) in [6.45, 7) is 1.15. The lowest BCUT2D eigenvalue weighted by Gasteiger charge is -2.26. The maximum absolute atomic E-state index is 12.5. The van der Waals surface area contributed by atoms with Crippen LogP contribution >= 0.6 is 11.6 Å². The van der Waals surface area contributed by atoms with E-state index in [1.807, 2.05) is 6.07 Å². The van der Waals surface area contributed by atoms with Gasteiger partial charge in [-0.05, 0) is 42.7 Å². The molecular formula is C18H19ClN2O4S. The summed E-state index contributed by atoms with van der Waals surface area (Å²) in [5.74, 6) is -0.372. The summed E-state index contributed by atoms with van der Waals surface area (Å²) in [6, 6.07) is 11.0. The topological polar surface area (TPSA) is 86.7 Å². The maximum atomic E-state index is 12.5. The van der Waals surface area contributed by atoms with Gasteiger partial charge in [-0.3, -0.25) is 9.52 Å². The Morgan fingerprint density at radius 2 is 1.92 bits per heavy atom. The monoisotopic (exact) mass is 394 g/mol. The van der Waals surface area contributed by atoms with Gasteiger partial charge in [0.05, 0.1) is 5.02 Å². The molecule has 0 radical (unpaired) electrons. The number of rotatable bonds is 5. The first-order valence-electron chi connectivity index (χ1n) is 8.24. The average molecular weight is 395 g/mol. The molecule has 6 nitrogen and oxygen atoms in total. The highest BCUT2D eigenvalue weighted by atomic mass is 35.5. The van der Waals surface area contributed by atoms with Crippen molar-refractivity contribution < 1.29 is 18.3 Å². The van der Waals surface area contributed by atoms with E-state index < -0.39 is 15.8 Å². The maximum Gasteiger partial charge on any atom is 0.265 e. The van der Waals surface area contributed by atoms with Crippen molar-refractivity contribution in [1.29, 1.82) is 0 Å². The Morgan fingerprint density at radius 3 is 2.69 bits per heavy atom. The third kappa shape index (κ3) is 4.11. The molecule has 1 saturated heterocycles. The summed E-state index contributed by atoms with van der Waals surface area (Å²) >= 11 is 5.79. The van der Waals surface area contributed by atoms with Crippen molar-refractivity contribution in [3.8, 4) is 5.75 Å².